The van der Waals surface area contributed by atoms with E-state index in [0.29, 0.717) is 34.9 Å². The van der Waals surface area contributed by atoms with Gasteiger partial charge in [-0.1, -0.05) is 61.5 Å². The van der Waals surface area contributed by atoms with Gasteiger partial charge in [-0.05, 0) is 48.6 Å². The molecule has 0 radical (unpaired) electrons. The number of amides is 2. The van der Waals surface area contributed by atoms with Crippen molar-refractivity contribution in [3.05, 3.63) is 64.7 Å². The third-order valence-electron chi connectivity index (χ3n) is 5.22. The number of fused-ring (bicyclic) bond motifs is 3. The number of para-hydroxylation sites is 1. The molecule has 0 saturated heterocycles. The predicted molar refractivity (Wildman–Crippen MR) is 131 cm³/mol. The Morgan fingerprint density at radius 1 is 1.19 bits per heavy atom. The van der Waals surface area contributed by atoms with Gasteiger partial charge in [0.2, 0.25) is 5.91 Å². The topological polar surface area (TPSA) is 74.1 Å². The van der Waals surface area contributed by atoms with Crippen molar-refractivity contribution in [3.63, 3.8) is 0 Å². The van der Waals surface area contributed by atoms with Crippen LogP contribution in [-0.2, 0) is 16.0 Å². The second-order valence-corrected chi connectivity index (χ2v) is 9.58. The van der Waals surface area contributed by atoms with Crippen molar-refractivity contribution < 1.29 is 9.59 Å². The van der Waals surface area contributed by atoms with Gasteiger partial charge in [-0.25, -0.2) is 9.89 Å². The molecular weight excluding hydrogens is 444 g/mol. The standard InChI is InChI=1S/C24H25ClN4O2S/c1-15(2)13-20-23(31)29-22(27-20)18-5-3-4-6-19(18)28-24(29)32-14-21(30)26-12-11-16-7-9-17(25)10-8-16/h3-10,15,20H,11-14H2,1-2H3,(H,26,30)/t20-/m1/s1. The number of rotatable bonds is 7. The van der Waals surface area contributed by atoms with Gasteiger partial charge in [-0.2, -0.15) is 0 Å². The van der Waals surface area contributed by atoms with E-state index in [4.69, 9.17) is 16.6 Å². The van der Waals surface area contributed by atoms with E-state index in [-0.39, 0.29) is 17.6 Å². The van der Waals surface area contributed by atoms with Gasteiger partial charge in [-0.3, -0.25) is 14.6 Å². The Labute approximate surface area is 197 Å². The van der Waals surface area contributed by atoms with Crippen LogP contribution >= 0.6 is 23.4 Å². The molecule has 32 heavy (non-hydrogen) atoms. The lowest BCUT2D eigenvalue weighted by atomic mass is 10.0. The van der Waals surface area contributed by atoms with Gasteiger partial charge in [0.15, 0.2) is 5.17 Å². The summed E-state index contributed by atoms with van der Waals surface area (Å²) < 4.78 is 0. The molecule has 166 valence electrons. The van der Waals surface area contributed by atoms with Crippen LogP contribution in [0.4, 0.5) is 5.69 Å². The van der Waals surface area contributed by atoms with Gasteiger partial charge in [0, 0.05) is 17.1 Å². The third-order valence-corrected chi connectivity index (χ3v) is 6.41. The highest BCUT2D eigenvalue weighted by Gasteiger charge is 2.41. The molecule has 2 aliphatic heterocycles. The molecule has 2 aliphatic rings. The van der Waals surface area contributed by atoms with Crippen LogP contribution in [0.15, 0.2) is 58.5 Å². The fraction of sp³-hybridized carbons (Fsp3) is 0.333. The molecule has 0 aliphatic carbocycles. The zero-order valence-corrected chi connectivity index (χ0v) is 19.6. The van der Waals surface area contributed by atoms with Crippen LogP contribution in [-0.4, -0.2) is 46.1 Å². The van der Waals surface area contributed by atoms with Crippen LogP contribution in [0.2, 0.25) is 5.02 Å². The maximum Gasteiger partial charge on any atom is 0.259 e. The molecule has 2 heterocycles. The lowest BCUT2D eigenvalue weighted by Crippen LogP contribution is -2.42. The van der Waals surface area contributed by atoms with Crippen LogP contribution in [0.3, 0.4) is 0 Å². The van der Waals surface area contributed by atoms with Crippen LogP contribution in [0, 0.1) is 5.92 Å². The predicted octanol–water partition coefficient (Wildman–Crippen LogP) is 4.44. The van der Waals surface area contributed by atoms with E-state index in [1.54, 1.807) is 4.90 Å². The number of amidine groups is 2. The van der Waals surface area contributed by atoms with Crippen LogP contribution in [0.1, 0.15) is 31.4 Å². The monoisotopic (exact) mass is 468 g/mol. The highest BCUT2D eigenvalue weighted by Crippen LogP contribution is 2.34. The van der Waals surface area contributed by atoms with Crippen molar-refractivity contribution in [2.75, 3.05) is 12.3 Å². The minimum absolute atomic E-state index is 0.0717. The maximum atomic E-state index is 13.1. The second kappa shape index (κ2) is 9.88. The first-order valence-corrected chi connectivity index (χ1v) is 12.0. The Hall–Kier alpha value is -2.64. The second-order valence-electron chi connectivity index (χ2n) is 8.20. The molecule has 8 heteroatoms. The molecule has 2 amide bonds. The summed E-state index contributed by atoms with van der Waals surface area (Å²) >= 11 is 7.17. The van der Waals surface area contributed by atoms with Crippen molar-refractivity contribution in [1.82, 2.24) is 10.2 Å². The van der Waals surface area contributed by atoms with E-state index < -0.39 is 6.04 Å². The molecule has 0 aromatic heterocycles. The first-order valence-electron chi connectivity index (χ1n) is 10.7. The van der Waals surface area contributed by atoms with E-state index in [0.717, 1.165) is 23.2 Å². The van der Waals surface area contributed by atoms with Crippen LogP contribution in [0.5, 0.6) is 0 Å². The molecule has 1 atom stereocenters. The summed E-state index contributed by atoms with van der Waals surface area (Å²) in [4.78, 5) is 36.5. The van der Waals surface area contributed by atoms with Crippen molar-refractivity contribution in [2.45, 2.75) is 32.7 Å². The molecular formula is C24H25ClN4O2S. The average Bonchev–Trinajstić information content (AvgIpc) is 3.09. The molecule has 2 aromatic carbocycles. The lowest BCUT2D eigenvalue weighted by Gasteiger charge is -2.25. The van der Waals surface area contributed by atoms with Crippen LogP contribution in [0.25, 0.3) is 0 Å². The third kappa shape index (κ3) is 5.05. The van der Waals surface area contributed by atoms with Crippen molar-refractivity contribution >= 4 is 51.9 Å². The Morgan fingerprint density at radius 3 is 2.69 bits per heavy atom. The van der Waals surface area contributed by atoms with E-state index in [1.807, 2.05) is 48.5 Å². The summed E-state index contributed by atoms with van der Waals surface area (Å²) in [6.07, 6.45) is 1.41. The number of thioether (sulfide) groups is 1. The van der Waals surface area contributed by atoms with Gasteiger partial charge in [0.1, 0.15) is 11.9 Å². The highest BCUT2D eigenvalue weighted by atomic mass is 35.5. The number of nitrogens with one attached hydrogen (secondary N) is 1. The Bertz CT molecular complexity index is 1080. The Kier molecular flexibility index (Phi) is 6.96. The minimum Gasteiger partial charge on any atom is -0.355 e. The maximum absolute atomic E-state index is 13.1. The van der Waals surface area contributed by atoms with Crippen molar-refractivity contribution in [1.29, 1.82) is 0 Å². The average molecular weight is 469 g/mol. The molecule has 4 rings (SSSR count). The van der Waals surface area contributed by atoms with Gasteiger partial charge in [-0.15, -0.1) is 0 Å². The summed E-state index contributed by atoms with van der Waals surface area (Å²) in [5.41, 5.74) is 2.73. The first kappa shape index (κ1) is 22.6. The lowest BCUT2D eigenvalue weighted by molar-refractivity contribution is -0.125. The largest absolute Gasteiger partial charge is 0.355 e. The molecule has 0 saturated carbocycles. The number of carbonyl (C=O) groups excluding carboxylic acids is 2. The van der Waals surface area contributed by atoms with Gasteiger partial charge in [0.05, 0.1) is 11.4 Å². The number of nitrogens with zero attached hydrogens (tertiary/aromatic N) is 3. The molecule has 0 fully saturated rings. The summed E-state index contributed by atoms with van der Waals surface area (Å²) in [5.74, 6) is 0.987. The number of benzene rings is 2. The Balaban J connectivity index is 1.41. The van der Waals surface area contributed by atoms with Gasteiger partial charge >= 0.3 is 0 Å². The fourth-order valence-corrected chi connectivity index (χ4v) is 4.63. The van der Waals surface area contributed by atoms with E-state index in [2.05, 4.69) is 24.2 Å². The number of hydrogen-bond donors (Lipinski definition) is 1. The number of aliphatic imine (C=N–C) groups is 2. The first-order chi connectivity index (χ1) is 15.4. The van der Waals surface area contributed by atoms with E-state index in [1.165, 1.54) is 11.8 Å². The molecule has 6 nitrogen and oxygen atoms in total. The molecule has 1 N–H and O–H groups in total. The van der Waals surface area contributed by atoms with E-state index >= 15 is 0 Å². The smallest absolute Gasteiger partial charge is 0.259 e. The molecule has 2 aromatic rings. The molecule has 0 bridgehead atoms. The number of hydrogen-bond acceptors (Lipinski definition) is 5. The summed E-state index contributed by atoms with van der Waals surface area (Å²) in [7, 11) is 0. The molecule has 0 spiro atoms. The zero-order valence-electron chi connectivity index (χ0n) is 18.0. The number of halogens is 1. The summed E-state index contributed by atoms with van der Waals surface area (Å²) in [5, 5.41) is 4.13. The normalized spacial score (nSPS) is 17.1. The van der Waals surface area contributed by atoms with Crippen molar-refractivity contribution in [2.24, 2.45) is 15.9 Å². The minimum atomic E-state index is -0.407. The quantitative estimate of drug-likeness (QED) is 0.652. The van der Waals surface area contributed by atoms with Gasteiger partial charge < -0.3 is 5.32 Å². The summed E-state index contributed by atoms with van der Waals surface area (Å²) in [6, 6.07) is 14.8. The van der Waals surface area contributed by atoms with E-state index in [9.17, 15) is 9.59 Å². The SMILES string of the molecule is CC(C)C[C@H]1N=C2c3ccccc3N=C(SCC(=O)NCCc3ccc(Cl)cc3)N2C1=O. The van der Waals surface area contributed by atoms with Gasteiger partial charge in [0.25, 0.3) is 5.91 Å². The van der Waals surface area contributed by atoms with Crippen molar-refractivity contribution in [3.8, 4) is 0 Å². The Morgan fingerprint density at radius 2 is 1.94 bits per heavy atom. The number of carbonyl (C=O) groups is 2. The zero-order chi connectivity index (χ0) is 22.7. The van der Waals surface area contributed by atoms with Crippen LogP contribution < -0.4 is 5.32 Å². The fourth-order valence-electron chi connectivity index (χ4n) is 3.68. The summed E-state index contributed by atoms with van der Waals surface area (Å²) in [6.45, 7) is 4.69. The highest BCUT2D eigenvalue weighted by molar-refractivity contribution is 8.14. The molecule has 0 unspecified atom stereocenters.